The van der Waals surface area contributed by atoms with Gasteiger partial charge in [-0.3, -0.25) is 0 Å². The molecule has 1 saturated heterocycles. The van der Waals surface area contributed by atoms with Crippen LogP contribution in [0.3, 0.4) is 0 Å². The minimum atomic E-state index is 0.691. The third-order valence-electron chi connectivity index (χ3n) is 3.24. The van der Waals surface area contributed by atoms with Crippen LogP contribution in [0.2, 0.25) is 0 Å². The Hall–Kier alpha value is -0.190. The number of nitrogens with zero attached hydrogens (tertiary/aromatic N) is 1. The summed E-state index contributed by atoms with van der Waals surface area (Å²) in [6.07, 6.45) is 1.30. The van der Waals surface area contributed by atoms with E-state index < -0.39 is 0 Å². The molecule has 0 bridgehead atoms. The fourth-order valence-electron chi connectivity index (χ4n) is 2.25. The van der Waals surface area contributed by atoms with Crippen LogP contribution in [0.5, 0.6) is 0 Å². The van der Waals surface area contributed by atoms with E-state index in [1.54, 1.807) is 0 Å². The predicted octanol–water partition coefficient (Wildman–Crippen LogP) is 3.11. The Morgan fingerprint density at radius 2 is 2.35 bits per heavy atom. The Balaban J connectivity index is 2.23. The first-order valence-electron chi connectivity index (χ1n) is 5.96. The lowest BCUT2D eigenvalue weighted by Crippen LogP contribution is -2.32. The van der Waals surface area contributed by atoms with E-state index in [4.69, 9.17) is 0 Å². The summed E-state index contributed by atoms with van der Waals surface area (Å²) < 4.78 is 1.15. The van der Waals surface area contributed by atoms with Crippen molar-refractivity contribution in [3.8, 4) is 0 Å². The molecule has 1 atom stereocenters. The van der Waals surface area contributed by atoms with E-state index in [1.807, 2.05) is 7.05 Å². The van der Waals surface area contributed by atoms with Gasteiger partial charge >= 0.3 is 0 Å². The monoisotopic (exact) mass is 314 g/mol. The molecule has 1 aliphatic heterocycles. The quantitative estimate of drug-likeness (QED) is 0.919. The van der Waals surface area contributed by atoms with Crippen LogP contribution >= 0.6 is 27.7 Å². The molecule has 1 aromatic rings. The summed E-state index contributed by atoms with van der Waals surface area (Å²) >= 11 is 5.61. The minimum Gasteiger partial charge on any atom is -0.370 e. The van der Waals surface area contributed by atoms with Crippen LogP contribution in [0.25, 0.3) is 0 Å². The molecule has 1 aliphatic rings. The second kappa shape index (κ2) is 6.12. The summed E-state index contributed by atoms with van der Waals surface area (Å²) in [5, 5.41) is 3.24. The van der Waals surface area contributed by atoms with Gasteiger partial charge in [0.05, 0.1) is 0 Å². The number of hydrogen-bond donors (Lipinski definition) is 1. The first kappa shape index (κ1) is 13.2. The summed E-state index contributed by atoms with van der Waals surface area (Å²) in [6, 6.07) is 7.26. The van der Waals surface area contributed by atoms with Gasteiger partial charge in [0.1, 0.15) is 0 Å². The smallest absolute Gasteiger partial charge is 0.0412 e. The molecule has 0 aliphatic carbocycles. The molecule has 94 valence electrons. The highest BCUT2D eigenvalue weighted by molar-refractivity contribution is 9.10. The van der Waals surface area contributed by atoms with Crippen molar-refractivity contribution in [3.63, 3.8) is 0 Å². The summed E-state index contributed by atoms with van der Waals surface area (Å²) in [4.78, 5) is 2.44. The number of nitrogens with one attached hydrogen (secondary N) is 1. The second-order valence-electron chi connectivity index (χ2n) is 4.43. The Labute approximate surface area is 116 Å². The number of thioether (sulfide) groups is 1. The molecule has 1 fully saturated rings. The molecule has 1 unspecified atom stereocenters. The van der Waals surface area contributed by atoms with Gasteiger partial charge < -0.3 is 10.2 Å². The minimum absolute atomic E-state index is 0.691. The van der Waals surface area contributed by atoms with Crippen molar-refractivity contribution in [2.24, 2.45) is 0 Å². The first-order valence-corrected chi connectivity index (χ1v) is 7.90. The number of rotatable bonds is 4. The zero-order chi connectivity index (χ0) is 12.3. The summed E-state index contributed by atoms with van der Waals surface area (Å²) in [6.45, 7) is 0.916. The van der Waals surface area contributed by atoms with Gasteiger partial charge in [-0.1, -0.05) is 15.9 Å². The topological polar surface area (TPSA) is 15.3 Å². The Morgan fingerprint density at radius 3 is 3.00 bits per heavy atom. The second-order valence-corrected chi connectivity index (χ2v) is 6.50. The van der Waals surface area contributed by atoms with Crippen LogP contribution in [0, 0.1) is 0 Å². The van der Waals surface area contributed by atoms with Crippen molar-refractivity contribution < 1.29 is 0 Å². The van der Waals surface area contributed by atoms with Gasteiger partial charge in [-0.15, -0.1) is 0 Å². The zero-order valence-corrected chi connectivity index (χ0v) is 12.8. The van der Waals surface area contributed by atoms with E-state index in [9.17, 15) is 0 Å². The zero-order valence-electron chi connectivity index (χ0n) is 10.4. The predicted molar refractivity (Wildman–Crippen MR) is 81.0 cm³/mol. The van der Waals surface area contributed by atoms with Gasteiger partial charge in [0, 0.05) is 35.5 Å². The highest BCUT2D eigenvalue weighted by Gasteiger charge is 2.21. The Morgan fingerprint density at radius 1 is 1.53 bits per heavy atom. The largest absolute Gasteiger partial charge is 0.370 e. The van der Waals surface area contributed by atoms with E-state index in [1.165, 1.54) is 29.2 Å². The van der Waals surface area contributed by atoms with Crippen LogP contribution in [-0.2, 0) is 6.54 Å². The third kappa shape index (κ3) is 3.18. The molecule has 0 aromatic heterocycles. The fraction of sp³-hybridized carbons (Fsp3) is 0.538. The van der Waals surface area contributed by atoms with Gasteiger partial charge in [-0.2, -0.15) is 11.8 Å². The van der Waals surface area contributed by atoms with Crippen LogP contribution in [-0.4, -0.2) is 31.6 Å². The van der Waals surface area contributed by atoms with Gasteiger partial charge in [0.25, 0.3) is 0 Å². The number of benzene rings is 1. The van der Waals surface area contributed by atoms with Crippen LogP contribution in [0.15, 0.2) is 22.7 Å². The number of halogens is 1. The third-order valence-corrected chi connectivity index (χ3v) is 4.88. The molecule has 0 amide bonds. The van der Waals surface area contributed by atoms with Gasteiger partial charge in [0.2, 0.25) is 0 Å². The van der Waals surface area contributed by atoms with Gasteiger partial charge in [-0.05, 0) is 43.0 Å². The van der Waals surface area contributed by atoms with Gasteiger partial charge in [-0.25, -0.2) is 0 Å². The number of anilines is 1. The highest BCUT2D eigenvalue weighted by atomic mass is 79.9. The molecule has 1 heterocycles. The van der Waals surface area contributed by atoms with Crippen molar-refractivity contribution >= 4 is 33.4 Å². The van der Waals surface area contributed by atoms with Crippen molar-refractivity contribution in [1.82, 2.24) is 5.32 Å². The average molecular weight is 315 g/mol. The van der Waals surface area contributed by atoms with E-state index in [0.29, 0.717) is 6.04 Å². The summed E-state index contributed by atoms with van der Waals surface area (Å²) in [7, 11) is 4.22. The number of hydrogen-bond acceptors (Lipinski definition) is 3. The standard InChI is InChI=1S/C13H19BrN2S/c1-15-8-10-7-11(14)3-4-13(10)16(2)12-5-6-17-9-12/h3-4,7,12,15H,5-6,8-9H2,1-2H3. The maximum atomic E-state index is 3.55. The molecule has 2 rings (SSSR count). The average Bonchev–Trinajstić information content (AvgIpc) is 2.82. The summed E-state index contributed by atoms with van der Waals surface area (Å²) in [5.74, 6) is 2.55. The molecule has 2 nitrogen and oxygen atoms in total. The molecule has 4 heteroatoms. The fourth-order valence-corrected chi connectivity index (χ4v) is 3.93. The van der Waals surface area contributed by atoms with Crippen LogP contribution in [0.1, 0.15) is 12.0 Å². The molecular formula is C13H19BrN2S. The van der Waals surface area contributed by atoms with Gasteiger partial charge in [0.15, 0.2) is 0 Å². The first-order chi connectivity index (χ1) is 8.22. The molecular weight excluding hydrogens is 296 g/mol. The molecule has 0 spiro atoms. The highest BCUT2D eigenvalue weighted by Crippen LogP contribution is 2.29. The maximum absolute atomic E-state index is 3.55. The lowest BCUT2D eigenvalue weighted by Gasteiger charge is -2.28. The lowest BCUT2D eigenvalue weighted by molar-refractivity contribution is 0.692. The molecule has 0 saturated carbocycles. The SMILES string of the molecule is CNCc1cc(Br)ccc1N(C)C1CCSC1. The molecule has 1 aromatic carbocycles. The van der Waals surface area contributed by atoms with E-state index >= 15 is 0 Å². The Bertz CT molecular complexity index is 378. The molecule has 0 radical (unpaired) electrons. The van der Waals surface area contributed by atoms with Crippen molar-refractivity contribution in [3.05, 3.63) is 28.2 Å². The van der Waals surface area contributed by atoms with E-state index in [2.05, 4.69) is 63.2 Å². The van der Waals surface area contributed by atoms with Crippen LogP contribution in [0.4, 0.5) is 5.69 Å². The van der Waals surface area contributed by atoms with Crippen LogP contribution < -0.4 is 10.2 Å². The molecule has 1 N–H and O–H groups in total. The van der Waals surface area contributed by atoms with Crippen molar-refractivity contribution in [2.75, 3.05) is 30.5 Å². The summed E-state index contributed by atoms with van der Waals surface area (Å²) in [5.41, 5.74) is 2.72. The normalized spacial score (nSPS) is 19.6. The maximum Gasteiger partial charge on any atom is 0.0412 e. The van der Waals surface area contributed by atoms with Crippen molar-refractivity contribution in [1.29, 1.82) is 0 Å². The van der Waals surface area contributed by atoms with E-state index in [0.717, 1.165) is 11.0 Å². The lowest BCUT2D eigenvalue weighted by atomic mass is 10.1. The van der Waals surface area contributed by atoms with E-state index in [-0.39, 0.29) is 0 Å². The molecule has 17 heavy (non-hydrogen) atoms. The van der Waals surface area contributed by atoms with Crippen molar-refractivity contribution in [2.45, 2.75) is 19.0 Å². The Kier molecular flexibility index (Phi) is 4.77.